The molecule has 0 aromatic heterocycles. The fourth-order valence-corrected chi connectivity index (χ4v) is 3.62. The zero-order valence-electron chi connectivity index (χ0n) is 11.1. The molecule has 0 radical (unpaired) electrons. The summed E-state index contributed by atoms with van der Waals surface area (Å²) < 4.78 is 0. The van der Waals surface area contributed by atoms with Crippen molar-refractivity contribution in [2.45, 2.75) is 38.1 Å². The Hall–Kier alpha value is -0.540. The van der Waals surface area contributed by atoms with Crippen LogP contribution in [0.4, 0.5) is 0 Å². The molecule has 1 aliphatic rings. The van der Waals surface area contributed by atoms with Gasteiger partial charge in [-0.1, -0.05) is 47.3 Å². The summed E-state index contributed by atoms with van der Waals surface area (Å²) in [5, 5.41) is 4.68. The lowest BCUT2D eigenvalue weighted by Gasteiger charge is -2.39. The van der Waals surface area contributed by atoms with Gasteiger partial charge in [0, 0.05) is 15.9 Å². The second-order valence-electron chi connectivity index (χ2n) is 5.58. The number of rotatable bonds is 3. The lowest BCUT2D eigenvalue weighted by molar-refractivity contribution is 0.0869. The predicted molar refractivity (Wildman–Crippen MR) is 83.1 cm³/mol. The Morgan fingerprint density at radius 2 is 2.16 bits per heavy atom. The number of benzene rings is 1. The van der Waals surface area contributed by atoms with Crippen molar-refractivity contribution < 1.29 is 4.79 Å². The molecule has 1 saturated carbocycles. The lowest BCUT2D eigenvalue weighted by Crippen LogP contribution is -2.52. The van der Waals surface area contributed by atoms with Crippen molar-refractivity contribution in [1.29, 1.82) is 0 Å². The van der Waals surface area contributed by atoms with Crippen LogP contribution in [0, 0.1) is 5.92 Å². The van der Waals surface area contributed by atoms with Crippen LogP contribution < -0.4 is 5.32 Å². The predicted octanol–water partition coefficient (Wildman–Crippen LogP) is 4.41. The van der Waals surface area contributed by atoms with E-state index in [-0.39, 0.29) is 11.4 Å². The van der Waals surface area contributed by atoms with Crippen molar-refractivity contribution in [3.63, 3.8) is 0 Å². The summed E-state index contributed by atoms with van der Waals surface area (Å²) in [6.07, 6.45) is 4.51. The molecule has 1 N–H and O–H groups in total. The maximum absolute atomic E-state index is 12.3. The Labute approximate surface area is 128 Å². The van der Waals surface area contributed by atoms with Gasteiger partial charge < -0.3 is 5.32 Å². The third-order valence-electron chi connectivity index (χ3n) is 3.83. The Morgan fingerprint density at radius 3 is 2.74 bits per heavy atom. The number of carbonyl (C=O) groups is 1. The number of hydrogen-bond acceptors (Lipinski definition) is 1. The number of nitrogens with one attached hydrogen (secondary N) is 1. The van der Waals surface area contributed by atoms with Gasteiger partial charge in [-0.05, 0) is 43.0 Å². The molecular weight excluding hydrogens is 326 g/mol. The van der Waals surface area contributed by atoms with E-state index in [2.05, 4.69) is 28.2 Å². The first kappa shape index (κ1) is 14.9. The highest BCUT2D eigenvalue weighted by atomic mass is 79.9. The van der Waals surface area contributed by atoms with Gasteiger partial charge in [-0.3, -0.25) is 4.79 Å². The Kier molecular flexibility index (Phi) is 4.91. The molecule has 2 unspecified atom stereocenters. The van der Waals surface area contributed by atoms with Gasteiger partial charge in [0.25, 0.3) is 5.91 Å². The molecular formula is C15H19BrClNO. The summed E-state index contributed by atoms with van der Waals surface area (Å²) >= 11 is 9.42. The molecule has 0 aliphatic heterocycles. The normalized spacial score (nSPS) is 27.0. The van der Waals surface area contributed by atoms with E-state index in [4.69, 9.17) is 11.6 Å². The van der Waals surface area contributed by atoms with Gasteiger partial charge in [0.2, 0.25) is 0 Å². The number of carbonyl (C=O) groups excluding carboxylic acids is 1. The SMILES string of the molecule is CC1CCCC(CBr)(NC(=O)c2ccc(Cl)cc2)C1. The quantitative estimate of drug-likeness (QED) is 0.808. The van der Waals surface area contributed by atoms with Crippen molar-refractivity contribution in [1.82, 2.24) is 5.32 Å². The molecule has 2 atom stereocenters. The van der Waals surface area contributed by atoms with E-state index in [1.807, 2.05) is 0 Å². The Morgan fingerprint density at radius 1 is 1.47 bits per heavy atom. The molecule has 0 saturated heterocycles. The monoisotopic (exact) mass is 343 g/mol. The molecule has 2 rings (SSSR count). The van der Waals surface area contributed by atoms with E-state index >= 15 is 0 Å². The van der Waals surface area contributed by atoms with Crippen molar-refractivity contribution in [2.75, 3.05) is 5.33 Å². The largest absolute Gasteiger partial charge is 0.346 e. The summed E-state index contributed by atoms with van der Waals surface area (Å²) in [5.74, 6) is 0.655. The van der Waals surface area contributed by atoms with Gasteiger partial charge in [-0.2, -0.15) is 0 Å². The van der Waals surface area contributed by atoms with Crippen LogP contribution in [0.2, 0.25) is 5.02 Å². The molecule has 1 aromatic rings. The van der Waals surface area contributed by atoms with Crippen molar-refractivity contribution in [3.8, 4) is 0 Å². The maximum Gasteiger partial charge on any atom is 0.251 e. The zero-order chi connectivity index (χ0) is 13.9. The summed E-state index contributed by atoms with van der Waals surface area (Å²) in [6.45, 7) is 2.25. The highest BCUT2D eigenvalue weighted by molar-refractivity contribution is 9.09. The molecule has 104 valence electrons. The molecule has 1 aromatic carbocycles. The number of alkyl halides is 1. The van der Waals surface area contributed by atoms with Crippen molar-refractivity contribution in [3.05, 3.63) is 34.9 Å². The maximum atomic E-state index is 12.3. The second kappa shape index (κ2) is 6.27. The zero-order valence-corrected chi connectivity index (χ0v) is 13.4. The Balaban J connectivity index is 2.09. The van der Waals surface area contributed by atoms with E-state index in [9.17, 15) is 4.79 Å². The molecule has 4 heteroatoms. The number of halogens is 2. The summed E-state index contributed by atoms with van der Waals surface area (Å²) in [5.41, 5.74) is 0.567. The van der Waals surface area contributed by atoms with Crippen molar-refractivity contribution >= 4 is 33.4 Å². The van der Waals surface area contributed by atoms with Crippen LogP contribution in [-0.2, 0) is 0 Å². The minimum Gasteiger partial charge on any atom is -0.346 e. The summed E-state index contributed by atoms with van der Waals surface area (Å²) in [6, 6.07) is 7.04. The minimum atomic E-state index is -0.103. The van der Waals surface area contributed by atoms with Crippen LogP contribution in [0.15, 0.2) is 24.3 Å². The molecule has 2 nitrogen and oxygen atoms in total. The first-order chi connectivity index (χ1) is 9.04. The second-order valence-corrected chi connectivity index (χ2v) is 6.57. The van der Waals surface area contributed by atoms with Gasteiger partial charge in [0.15, 0.2) is 0 Å². The van der Waals surface area contributed by atoms with Crippen LogP contribution in [-0.4, -0.2) is 16.8 Å². The van der Waals surface area contributed by atoms with E-state index in [1.54, 1.807) is 24.3 Å². The Bertz CT molecular complexity index is 448. The average Bonchev–Trinajstić information content (AvgIpc) is 2.39. The van der Waals surface area contributed by atoms with Gasteiger partial charge in [-0.25, -0.2) is 0 Å². The number of amides is 1. The first-order valence-corrected chi connectivity index (χ1v) is 8.19. The van der Waals surface area contributed by atoms with E-state index in [0.717, 1.165) is 18.2 Å². The summed E-state index contributed by atoms with van der Waals surface area (Å²) in [4.78, 5) is 12.3. The van der Waals surface area contributed by atoms with Crippen LogP contribution in [0.3, 0.4) is 0 Å². The smallest absolute Gasteiger partial charge is 0.251 e. The molecule has 1 aliphatic carbocycles. The van der Waals surface area contributed by atoms with Gasteiger partial charge in [0.05, 0.1) is 5.54 Å². The molecule has 1 fully saturated rings. The molecule has 0 bridgehead atoms. The highest BCUT2D eigenvalue weighted by Gasteiger charge is 2.35. The lowest BCUT2D eigenvalue weighted by atomic mass is 9.77. The van der Waals surface area contributed by atoms with Crippen LogP contribution in [0.25, 0.3) is 0 Å². The number of hydrogen-bond donors (Lipinski definition) is 1. The van der Waals surface area contributed by atoms with Gasteiger partial charge in [0.1, 0.15) is 0 Å². The molecule has 19 heavy (non-hydrogen) atoms. The standard InChI is InChI=1S/C15H19BrClNO/c1-11-3-2-8-15(9-11,10-16)18-14(19)12-4-6-13(17)7-5-12/h4-7,11H,2-3,8-10H2,1H3,(H,18,19). The summed E-state index contributed by atoms with van der Waals surface area (Å²) in [7, 11) is 0. The minimum absolute atomic E-state index is 0.00906. The van der Waals surface area contributed by atoms with Crippen LogP contribution >= 0.6 is 27.5 Å². The van der Waals surface area contributed by atoms with Crippen LogP contribution in [0.5, 0.6) is 0 Å². The molecule has 1 amide bonds. The van der Waals surface area contributed by atoms with Gasteiger partial charge in [-0.15, -0.1) is 0 Å². The third-order valence-corrected chi connectivity index (χ3v) is 5.16. The van der Waals surface area contributed by atoms with E-state index < -0.39 is 0 Å². The third kappa shape index (κ3) is 3.73. The fraction of sp³-hybridized carbons (Fsp3) is 0.533. The van der Waals surface area contributed by atoms with E-state index in [0.29, 0.717) is 16.5 Å². The highest BCUT2D eigenvalue weighted by Crippen LogP contribution is 2.33. The van der Waals surface area contributed by atoms with Gasteiger partial charge >= 0.3 is 0 Å². The van der Waals surface area contributed by atoms with E-state index in [1.165, 1.54) is 12.8 Å². The molecule has 0 heterocycles. The first-order valence-electron chi connectivity index (χ1n) is 6.69. The van der Waals surface area contributed by atoms with Crippen LogP contribution in [0.1, 0.15) is 43.0 Å². The fourth-order valence-electron chi connectivity index (χ4n) is 2.84. The van der Waals surface area contributed by atoms with Crippen molar-refractivity contribution in [2.24, 2.45) is 5.92 Å². The topological polar surface area (TPSA) is 29.1 Å². The average molecular weight is 345 g/mol. The molecule has 0 spiro atoms.